The molecule has 0 spiro atoms. The molecular formula is C21H17ClF5N5O. The predicted octanol–water partition coefficient (Wildman–Crippen LogP) is 5.31. The van der Waals surface area contributed by atoms with Gasteiger partial charge in [0.1, 0.15) is 23.5 Å². The minimum Gasteiger partial charge on any atom is -0.452 e. The molecule has 0 saturated heterocycles. The first-order valence-corrected chi connectivity index (χ1v) is 10.0. The Balaban J connectivity index is 1.80. The molecule has 12 heteroatoms. The maximum atomic E-state index is 15.1. The SMILES string of the molecule is Cc1cc(Nc2nccc3cc(Cl)cnc23)cc([C@]2(CF)C[C@@H](C(F)(F)F)OC(N)=N2)c1F. The number of nitrogens with zero attached hydrogens (tertiary/aromatic N) is 3. The number of ether oxygens (including phenoxy) is 1. The van der Waals surface area contributed by atoms with Gasteiger partial charge in [-0.1, -0.05) is 11.6 Å². The number of halogens is 6. The average Bonchev–Trinajstić information content (AvgIpc) is 2.75. The second kappa shape index (κ2) is 8.29. The highest BCUT2D eigenvalue weighted by molar-refractivity contribution is 6.31. The van der Waals surface area contributed by atoms with Gasteiger partial charge in [-0.15, -0.1) is 0 Å². The van der Waals surface area contributed by atoms with Crippen LogP contribution in [0.3, 0.4) is 0 Å². The van der Waals surface area contributed by atoms with Gasteiger partial charge in [0, 0.05) is 35.5 Å². The Morgan fingerprint density at radius 3 is 2.73 bits per heavy atom. The molecular weight excluding hydrogens is 469 g/mol. The minimum absolute atomic E-state index is 0.0582. The van der Waals surface area contributed by atoms with Crippen molar-refractivity contribution in [2.24, 2.45) is 10.7 Å². The summed E-state index contributed by atoms with van der Waals surface area (Å²) in [6, 6.07) is 5.10. The van der Waals surface area contributed by atoms with Gasteiger partial charge >= 0.3 is 6.18 Å². The van der Waals surface area contributed by atoms with E-state index in [1.165, 1.54) is 31.5 Å². The van der Waals surface area contributed by atoms with Crippen molar-refractivity contribution in [1.29, 1.82) is 0 Å². The first kappa shape index (κ1) is 23.0. The molecule has 0 saturated carbocycles. The molecule has 174 valence electrons. The van der Waals surface area contributed by atoms with Gasteiger partial charge in [-0.3, -0.25) is 4.98 Å². The van der Waals surface area contributed by atoms with E-state index >= 15 is 4.39 Å². The number of amidine groups is 1. The topological polar surface area (TPSA) is 85.4 Å². The second-order valence-electron chi connectivity index (χ2n) is 7.63. The first-order chi connectivity index (χ1) is 15.5. The lowest BCUT2D eigenvalue weighted by Gasteiger charge is -2.37. The summed E-state index contributed by atoms with van der Waals surface area (Å²) >= 11 is 5.97. The normalized spacial score (nSPS) is 20.9. The van der Waals surface area contributed by atoms with Gasteiger partial charge in [-0.2, -0.15) is 13.2 Å². The molecule has 3 aromatic rings. The van der Waals surface area contributed by atoms with Gasteiger partial charge in [-0.25, -0.2) is 18.8 Å². The quantitative estimate of drug-likeness (QED) is 0.489. The van der Waals surface area contributed by atoms with Crippen LogP contribution in [0.2, 0.25) is 5.02 Å². The lowest BCUT2D eigenvalue weighted by molar-refractivity contribution is -0.209. The number of hydrogen-bond donors (Lipinski definition) is 2. The third kappa shape index (κ3) is 4.37. The average molecular weight is 486 g/mol. The molecule has 0 amide bonds. The maximum Gasteiger partial charge on any atom is 0.425 e. The highest BCUT2D eigenvalue weighted by Crippen LogP contribution is 2.43. The van der Waals surface area contributed by atoms with Gasteiger partial charge in [0.2, 0.25) is 0 Å². The summed E-state index contributed by atoms with van der Waals surface area (Å²) in [5.74, 6) is -0.605. The van der Waals surface area contributed by atoms with E-state index in [0.717, 1.165) is 0 Å². The zero-order valence-corrected chi connectivity index (χ0v) is 17.8. The Hall–Kier alpha value is -3.21. The molecule has 0 fully saturated rings. The van der Waals surface area contributed by atoms with Gasteiger partial charge in [-0.05, 0) is 36.8 Å². The van der Waals surface area contributed by atoms with Crippen LogP contribution in [0, 0.1) is 12.7 Å². The van der Waals surface area contributed by atoms with Crippen LogP contribution in [0.1, 0.15) is 17.5 Å². The number of benzene rings is 1. The molecule has 4 rings (SSSR count). The molecule has 2 atom stereocenters. The van der Waals surface area contributed by atoms with Crippen LogP contribution < -0.4 is 11.1 Å². The molecule has 3 heterocycles. The van der Waals surface area contributed by atoms with E-state index in [4.69, 9.17) is 17.3 Å². The number of aromatic nitrogens is 2. The van der Waals surface area contributed by atoms with Crippen LogP contribution in [0.15, 0.2) is 41.7 Å². The van der Waals surface area contributed by atoms with Crippen molar-refractivity contribution in [3.05, 3.63) is 58.6 Å². The number of fused-ring (bicyclic) bond motifs is 1. The van der Waals surface area contributed by atoms with Crippen molar-refractivity contribution < 1.29 is 26.7 Å². The Labute approximate surface area is 189 Å². The Morgan fingerprint density at radius 2 is 2.03 bits per heavy atom. The standard InChI is InChI=1S/C21H17ClF5N5O/c1-10-4-13(31-18-17-11(2-3-29-18)5-12(22)8-30-17)6-14(16(10)24)20(9-23)7-15(21(25,26)27)33-19(28)32-20/h2-6,8,15H,7,9H2,1H3,(H2,28,32)(H,29,31)/t15-,20+/m0/s1. The summed E-state index contributed by atoms with van der Waals surface area (Å²) in [5, 5.41) is 4.06. The van der Waals surface area contributed by atoms with Crippen molar-refractivity contribution in [2.75, 3.05) is 12.0 Å². The number of alkyl halides is 4. The van der Waals surface area contributed by atoms with Gasteiger partial charge in [0.15, 0.2) is 11.9 Å². The number of anilines is 2. The highest BCUT2D eigenvalue weighted by Gasteiger charge is 2.52. The highest BCUT2D eigenvalue weighted by atomic mass is 35.5. The summed E-state index contributed by atoms with van der Waals surface area (Å²) in [7, 11) is 0. The Morgan fingerprint density at radius 1 is 1.27 bits per heavy atom. The van der Waals surface area contributed by atoms with Crippen molar-refractivity contribution in [3.63, 3.8) is 0 Å². The van der Waals surface area contributed by atoms with E-state index in [1.54, 1.807) is 12.1 Å². The third-order valence-electron chi connectivity index (χ3n) is 5.28. The fourth-order valence-corrected chi connectivity index (χ4v) is 3.89. The number of nitrogens with two attached hydrogens (primary N) is 1. The van der Waals surface area contributed by atoms with E-state index in [1.807, 2.05) is 0 Å². The predicted molar refractivity (Wildman–Crippen MR) is 114 cm³/mol. The van der Waals surface area contributed by atoms with Gasteiger partial charge in [0.05, 0.1) is 5.02 Å². The molecule has 3 N–H and O–H groups in total. The molecule has 0 radical (unpaired) electrons. The summed E-state index contributed by atoms with van der Waals surface area (Å²) in [6.07, 6.45) is -5.33. The van der Waals surface area contributed by atoms with Crippen molar-refractivity contribution in [2.45, 2.75) is 31.2 Å². The molecule has 1 aromatic carbocycles. The summed E-state index contributed by atoms with van der Waals surface area (Å²) in [6.45, 7) is -0.0197. The maximum absolute atomic E-state index is 15.1. The number of rotatable bonds is 4. The van der Waals surface area contributed by atoms with Crippen LogP contribution >= 0.6 is 11.6 Å². The van der Waals surface area contributed by atoms with E-state index in [-0.39, 0.29) is 16.8 Å². The Bertz CT molecular complexity index is 1250. The van der Waals surface area contributed by atoms with Crippen LogP contribution in [-0.2, 0) is 10.3 Å². The lowest BCUT2D eigenvalue weighted by Crippen LogP contribution is -2.48. The smallest absolute Gasteiger partial charge is 0.425 e. The van der Waals surface area contributed by atoms with Gasteiger partial charge in [0.25, 0.3) is 6.02 Å². The van der Waals surface area contributed by atoms with Gasteiger partial charge < -0.3 is 15.8 Å². The fraction of sp³-hybridized carbons (Fsp3) is 0.286. The van der Waals surface area contributed by atoms with E-state index in [0.29, 0.717) is 21.7 Å². The second-order valence-corrected chi connectivity index (χ2v) is 8.07. The Kier molecular flexibility index (Phi) is 5.77. The van der Waals surface area contributed by atoms with Crippen molar-refractivity contribution in [3.8, 4) is 0 Å². The van der Waals surface area contributed by atoms with Crippen LogP contribution in [0.4, 0.5) is 33.5 Å². The molecule has 0 bridgehead atoms. The first-order valence-electron chi connectivity index (χ1n) is 9.65. The van der Waals surface area contributed by atoms with Crippen molar-refractivity contribution >= 4 is 40.0 Å². The molecule has 2 aromatic heterocycles. The van der Waals surface area contributed by atoms with Crippen LogP contribution in [0.5, 0.6) is 0 Å². The van der Waals surface area contributed by atoms with E-state index < -0.39 is 42.8 Å². The zero-order valence-electron chi connectivity index (χ0n) is 17.1. The number of aliphatic imine (C=N–C) groups is 1. The molecule has 33 heavy (non-hydrogen) atoms. The number of pyridine rings is 2. The summed E-state index contributed by atoms with van der Waals surface area (Å²) < 4.78 is 74.0. The summed E-state index contributed by atoms with van der Waals surface area (Å²) in [5.41, 5.74) is 3.59. The fourth-order valence-electron chi connectivity index (χ4n) is 3.73. The number of aryl methyl sites for hydroxylation is 1. The number of nitrogens with one attached hydrogen (secondary N) is 1. The van der Waals surface area contributed by atoms with Crippen LogP contribution in [-0.4, -0.2) is 34.9 Å². The molecule has 1 aliphatic rings. The van der Waals surface area contributed by atoms with E-state index in [2.05, 4.69) is 25.0 Å². The van der Waals surface area contributed by atoms with Crippen molar-refractivity contribution in [1.82, 2.24) is 9.97 Å². The number of hydrogen-bond acceptors (Lipinski definition) is 6. The molecule has 0 unspecified atom stereocenters. The van der Waals surface area contributed by atoms with Crippen LogP contribution in [0.25, 0.3) is 10.9 Å². The molecule has 1 aliphatic heterocycles. The molecule has 0 aliphatic carbocycles. The largest absolute Gasteiger partial charge is 0.452 e. The zero-order chi connectivity index (χ0) is 24.0. The van der Waals surface area contributed by atoms with E-state index in [9.17, 15) is 17.6 Å². The monoisotopic (exact) mass is 485 g/mol. The minimum atomic E-state index is -4.85. The summed E-state index contributed by atoms with van der Waals surface area (Å²) in [4.78, 5) is 12.2. The molecule has 6 nitrogen and oxygen atoms in total. The third-order valence-corrected chi connectivity index (χ3v) is 5.49. The lowest BCUT2D eigenvalue weighted by atomic mass is 9.83.